The summed E-state index contributed by atoms with van der Waals surface area (Å²) in [6, 6.07) is 33.8. The largest absolute Gasteiger partial charge is 0.437 e. The molecule has 0 unspecified atom stereocenters. The predicted molar refractivity (Wildman–Crippen MR) is 187 cm³/mol. The molecule has 0 aliphatic carbocycles. The van der Waals surface area contributed by atoms with Gasteiger partial charge in [0.25, 0.3) is 0 Å². The van der Waals surface area contributed by atoms with Crippen LogP contribution in [0, 0.1) is 0 Å². The van der Waals surface area contributed by atoms with Crippen molar-refractivity contribution >= 4 is 53.7 Å². The molecule has 0 atom stereocenters. The van der Waals surface area contributed by atoms with Gasteiger partial charge in [-0.3, -0.25) is 0 Å². The Hall–Kier alpha value is -4.94. The first-order valence-corrected chi connectivity index (χ1v) is 16.2. The average Bonchev–Trinajstić information content (AvgIpc) is 3.62. The van der Waals surface area contributed by atoms with E-state index in [9.17, 15) is 0 Å². The van der Waals surface area contributed by atoms with Gasteiger partial charge >= 0.3 is 0 Å². The molecule has 0 spiro atoms. The third-order valence-corrected chi connectivity index (χ3v) is 9.38. The van der Waals surface area contributed by atoms with Crippen LogP contribution in [0.15, 0.2) is 101 Å². The van der Waals surface area contributed by atoms with Crippen molar-refractivity contribution in [2.75, 3.05) is 0 Å². The molecule has 6 heteroatoms. The maximum Gasteiger partial charge on any atom is 0.231 e. The summed E-state index contributed by atoms with van der Waals surface area (Å²) in [4.78, 5) is 21.1. The molecule has 5 nitrogen and oxygen atoms in total. The Morgan fingerprint density at radius 3 is 2.04 bits per heavy atom. The first-order valence-electron chi connectivity index (χ1n) is 15.4. The Morgan fingerprint density at radius 2 is 1.29 bits per heavy atom. The molecule has 0 radical (unpaired) electrons. The Labute approximate surface area is 265 Å². The van der Waals surface area contributed by atoms with Crippen LogP contribution < -0.4 is 0 Å². The van der Waals surface area contributed by atoms with Gasteiger partial charge < -0.3 is 4.42 Å². The molecule has 8 rings (SSSR count). The molecule has 4 aromatic heterocycles. The van der Waals surface area contributed by atoms with Crippen molar-refractivity contribution in [3.05, 3.63) is 109 Å². The summed E-state index contributed by atoms with van der Waals surface area (Å²) >= 11 is 1.73. The fourth-order valence-corrected chi connectivity index (χ4v) is 7.06. The number of benzene rings is 4. The lowest BCUT2D eigenvalue weighted by atomic mass is 9.94. The van der Waals surface area contributed by atoms with E-state index in [0.717, 1.165) is 71.9 Å². The number of hydrogen-bond acceptors (Lipinski definition) is 6. The average molecular weight is 605 g/mol. The molecule has 0 N–H and O–H groups in total. The summed E-state index contributed by atoms with van der Waals surface area (Å²) in [5.41, 5.74) is 7.27. The van der Waals surface area contributed by atoms with Crippen LogP contribution in [0.25, 0.3) is 76.0 Å². The molecule has 0 saturated carbocycles. The van der Waals surface area contributed by atoms with Crippen molar-refractivity contribution in [1.29, 1.82) is 0 Å². The van der Waals surface area contributed by atoms with E-state index in [1.165, 1.54) is 10.1 Å². The zero-order valence-electron chi connectivity index (χ0n) is 25.9. The second-order valence-corrected chi connectivity index (χ2v) is 13.9. The van der Waals surface area contributed by atoms with Crippen molar-refractivity contribution in [2.24, 2.45) is 0 Å². The van der Waals surface area contributed by atoms with Gasteiger partial charge in [0, 0.05) is 48.9 Å². The van der Waals surface area contributed by atoms with Crippen molar-refractivity contribution in [3.63, 3.8) is 0 Å². The van der Waals surface area contributed by atoms with E-state index in [0.29, 0.717) is 5.71 Å². The second-order valence-electron chi connectivity index (χ2n) is 12.9. The lowest BCUT2D eigenvalue weighted by molar-refractivity contribution is 0.540. The highest BCUT2D eigenvalue weighted by Crippen LogP contribution is 2.42. The van der Waals surface area contributed by atoms with Gasteiger partial charge in [-0.1, -0.05) is 126 Å². The van der Waals surface area contributed by atoms with Gasteiger partial charge in [-0.25, -0.2) is 15.0 Å². The minimum Gasteiger partial charge on any atom is -0.437 e. The molecular formula is C39H32N4OS. The van der Waals surface area contributed by atoms with Gasteiger partial charge in [0.2, 0.25) is 5.71 Å². The summed E-state index contributed by atoms with van der Waals surface area (Å²) in [6.07, 6.45) is 0. The quantitative estimate of drug-likeness (QED) is 0.200. The number of para-hydroxylation sites is 1. The zero-order chi connectivity index (χ0) is 30.9. The molecule has 0 fully saturated rings. The van der Waals surface area contributed by atoms with Crippen LogP contribution in [0.5, 0.6) is 0 Å². The van der Waals surface area contributed by atoms with Crippen LogP contribution in [0.2, 0.25) is 0 Å². The maximum atomic E-state index is 6.62. The SMILES string of the molecule is CC(C)c1nc(-c2ccc(-c3cccc4c3oc3nc(C(C)(C)C)nc(-c5ccccc5)c34)cc2)c2c(n1)sc1ccccc12. The molecule has 8 aromatic rings. The van der Waals surface area contributed by atoms with Crippen molar-refractivity contribution in [3.8, 4) is 33.6 Å². The number of thiophene rings is 1. The van der Waals surface area contributed by atoms with Gasteiger partial charge in [-0.2, -0.15) is 4.98 Å². The van der Waals surface area contributed by atoms with Gasteiger partial charge in [0.1, 0.15) is 22.1 Å². The van der Waals surface area contributed by atoms with E-state index in [2.05, 4.69) is 113 Å². The number of aromatic nitrogens is 4. The fourth-order valence-electron chi connectivity index (χ4n) is 5.98. The van der Waals surface area contributed by atoms with Gasteiger partial charge in [-0.15, -0.1) is 11.3 Å². The molecule has 0 saturated heterocycles. The van der Waals surface area contributed by atoms with Crippen LogP contribution in [0.1, 0.15) is 52.2 Å². The number of hydrogen-bond donors (Lipinski definition) is 0. The highest BCUT2D eigenvalue weighted by Gasteiger charge is 2.25. The molecule has 45 heavy (non-hydrogen) atoms. The van der Waals surface area contributed by atoms with Crippen LogP contribution >= 0.6 is 11.3 Å². The Balaban J connectivity index is 1.30. The summed E-state index contributed by atoms with van der Waals surface area (Å²) in [7, 11) is 0. The van der Waals surface area contributed by atoms with Crippen molar-refractivity contribution < 1.29 is 4.42 Å². The zero-order valence-corrected chi connectivity index (χ0v) is 26.7. The molecule has 0 aliphatic heterocycles. The first-order chi connectivity index (χ1) is 21.8. The summed E-state index contributed by atoms with van der Waals surface area (Å²) in [5, 5.41) is 4.27. The summed E-state index contributed by atoms with van der Waals surface area (Å²) < 4.78 is 7.84. The lowest BCUT2D eigenvalue weighted by Gasteiger charge is -2.17. The fraction of sp³-hybridized carbons (Fsp3) is 0.179. The van der Waals surface area contributed by atoms with E-state index in [-0.39, 0.29) is 11.3 Å². The van der Waals surface area contributed by atoms with Gasteiger partial charge in [0.15, 0.2) is 0 Å². The van der Waals surface area contributed by atoms with E-state index in [1.54, 1.807) is 11.3 Å². The van der Waals surface area contributed by atoms with E-state index in [4.69, 9.17) is 24.4 Å². The first kappa shape index (κ1) is 27.6. The van der Waals surface area contributed by atoms with E-state index < -0.39 is 0 Å². The smallest absolute Gasteiger partial charge is 0.231 e. The van der Waals surface area contributed by atoms with E-state index in [1.807, 2.05) is 18.2 Å². The molecular weight excluding hydrogens is 573 g/mol. The standard InChI is InChI=1S/C39H32N4OS/c1-22(2)35-40-33(31-27-14-9-10-17-29(27)45-37(31)42-35)25-20-18-23(19-21-25)26-15-11-16-28-30-32(24-12-7-6-8-13-24)41-38(39(3,4)5)43-36(30)44-34(26)28/h6-22H,1-5H3. The lowest BCUT2D eigenvalue weighted by Crippen LogP contribution is -2.16. The third kappa shape index (κ3) is 4.59. The second kappa shape index (κ2) is 10.3. The van der Waals surface area contributed by atoms with Crippen LogP contribution in [-0.2, 0) is 5.41 Å². The monoisotopic (exact) mass is 604 g/mol. The van der Waals surface area contributed by atoms with Crippen LogP contribution in [0.4, 0.5) is 0 Å². The molecule has 4 aromatic carbocycles. The van der Waals surface area contributed by atoms with Crippen LogP contribution in [-0.4, -0.2) is 19.9 Å². The van der Waals surface area contributed by atoms with Crippen molar-refractivity contribution in [2.45, 2.75) is 46.0 Å². The minimum atomic E-state index is -0.231. The highest BCUT2D eigenvalue weighted by atomic mass is 32.1. The Morgan fingerprint density at radius 1 is 0.622 bits per heavy atom. The maximum absolute atomic E-state index is 6.62. The highest BCUT2D eigenvalue weighted by molar-refractivity contribution is 7.25. The van der Waals surface area contributed by atoms with Crippen molar-refractivity contribution in [1.82, 2.24) is 19.9 Å². The third-order valence-electron chi connectivity index (χ3n) is 8.32. The topological polar surface area (TPSA) is 64.7 Å². The predicted octanol–water partition coefficient (Wildman–Crippen LogP) is 11.0. The summed E-state index contributed by atoms with van der Waals surface area (Å²) in [5.74, 6) is 1.85. The molecule has 220 valence electrons. The minimum absolute atomic E-state index is 0.228. The molecule has 0 bridgehead atoms. The normalized spacial score (nSPS) is 12.3. The van der Waals surface area contributed by atoms with E-state index >= 15 is 0 Å². The number of fused-ring (bicyclic) bond motifs is 6. The molecule has 4 heterocycles. The summed E-state index contributed by atoms with van der Waals surface area (Å²) in [6.45, 7) is 10.7. The molecule has 0 amide bonds. The number of furan rings is 1. The van der Waals surface area contributed by atoms with Crippen LogP contribution in [0.3, 0.4) is 0 Å². The number of rotatable bonds is 4. The number of nitrogens with zero attached hydrogens (tertiary/aromatic N) is 4. The Bertz CT molecular complexity index is 2380. The van der Waals surface area contributed by atoms with Gasteiger partial charge in [-0.05, 0) is 11.6 Å². The Kier molecular flexibility index (Phi) is 6.33. The molecule has 0 aliphatic rings. The van der Waals surface area contributed by atoms with Gasteiger partial charge in [0.05, 0.1) is 16.8 Å².